The second kappa shape index (κ2) is 10.5. The first-order chi connectivity index (χ1) is 13.0. The molecule has 0 unspecified atom stereocenters. The zero-order valence-corrected chi connectivity index (χ0v) is 19.8. The van der Waals surface area contributed by atoms with Gasteiger partial charge in [-0.15, -0.1) is 24.0 Å². The van der Waals surface area contributed by atoms with Crippen molar-refractivity contribution >= 4 is 41.5 Å². The van der Waals surface area contributed by atoms with Gasteiger partial charge in [0.2, 0.25) is 0 Å². The molecule has 1 aromatic heterocycles. The highest BCUT2D eigenvalue weighted by molar-refractivity contribution is 14.0. The van der Waals surface area contributed by atoms with E-state index in [1.165, 1.54) is 0 Å². The minimum Gasteiger partial charge on any atom is -0.364 e. The smallest absolute Gasteiger partial charge is 0.193 e. The summed E-state index contributed by atoms with van der Waals surface area (Å²) in [5.41, 5.74) is 2.03. The number of aliphatic imine (C=N–C) groups is 1. The van der Waals surface area contributed by atoms with Gasteiger partial charge in [-0.3, -0.25) is 9.89 Å². The second-order valence-electron chi connectivity index (χ2n) is 7.52. The molecule has 154 valence electrons. The lowest BCUT2D eigenvalue weighted by molar-refractivity contribution is 0.168. The molecule has 0 radical (unpaired) electrons. The molecular weight excluding hydrogens is 489 g/mol. The van der Waals surface area contributed by atoms with Gasteiger partial charge in [-0.05, 0) is 11.6 Å². The van der Waals surface area contributed by atoms with E-state index in [4.69, 9.17) is 16.1 Å². The maximum atomic E-state index is 6.40. The van der Waals surface area contributed by atoms with Crippen molar-refractivity contribution < 1.29 is 4.52 Å². The number of benzene rings is 1. The van der Waals surface area contributed by atoms with Crippen molar-refractivity contribution in [1.29, 1.82) is 0 Å². The molecule has 1 saturated heterocycles. The van der Waals surface area contributed by atoms with E-state index in [9.17, 15) is 0 Å². The van der Waals surface area contributed by atoms with Crippen molar-refractivity contribution in [2.75, 3.05) is 39.8 Å². The van der Waals surface area contributed by atoms with Crippen molar-refractivity contribution in [3.05, 3.63) is 52.9 Å². The van der Waals surface area contributed by atoms with Crippen LogP contribution in [0.15, 0.2) is 46.1 Å². The van der Waals surface area contributed by atoms with E-state index in [2.05, 4.69) is 45.2 Å². The second-order valence-corrected chi connectivity index (χ2v) is 7.93. The molecule has 0 bridgehead atoms. The zero-order chi connectivity index (χ0) is 19.3. The van der Waals surface area contributed by atoms with Crippen LogP contribution in [0.25, 0.3) is 0 Å². The van der Waals surface area contributed by atoms with Crippen LogP contribution in [-0.2, 0) is 12.0 Å². The summed E-state index contributed by atoms with van der Waals surface area (Å²) in [5, 5.41) is 8.34. The minimum atomic E-state index is -0.0942. The molecule has 1 fully saturated rings. The van der Waals surface area contributed by atoms with Crippen LogP contribution in [0.3, 0.4) is 0 Å². The molecule has 0 aliphatic carbocycles. The summed E-state index contributed by atoms with van der Waals surface area (Å²) in [4.78, 5) is 9.18. The molecule has 0 amide bonds. The van der Waals surface area contributed by atoms with Gasteiger partial charge in [0, 0.05) is 62.8 Å². The Kier molecular flexibility index (Phi) is 8.57. The van der Waals surface area contributed by atoms with Gasteiger partial charge in [0.15, 0.2) is 5.96 Å². The summed E-state index contributed by atoms with van der Waals surface area (Å²) >= 11 is 6.40. The average molecular weight is 518 g/mol. The molecule has 1 aliphatic heterocycles. The first kappa shape index (κ1) is 23.0. The van der Waals surface area contributed by atoms with Gasteiger partial charge in [0.05, 0.1) is 5.69 Å². The third kappa shape index (κ3) is 5.84. The van der Waals surface area contributed by atoms with Crippen molar-refractivity contribution in [2.45, 2.75) is 25.8 Å². The Morgan fingerprint density at radius 3 is 2.54 bits per heavy atom. The van der Waals surface area contributed by atoms with E-state index in [1.54, 1.807) is 6.26 Å². The van der Waals surface area contributed by atoms with Crippen LogP contribution in [0.2, 0.25) is 5.02 Å². The summed E-state index contributed by atoms with van der Waals surface area (Å²) in [6.07, 6.45) is 1.62. The molecule has 1 N–H and O–H groups in total. The lowest BCUT2D eigenvalue weighted by Crippen LogP contribution is -2.53. The lowest BCUT2D eigenvalue weighted by atomic mass is 9.84. The van der Waals surface area contributed by atoms with Gasteiger partial charge in [-0.2, -0.15) is 0 Å². The third-order valence-corrected chi connectivity index (χ3v) is 5.38. The Bertz CT molecular complexity index is 758. The molecule has 8 heteroatoms. The fourth-order valence-electron chi connectivity index (χ4n) is 3.40. The fraction of sp³-hybridized carbons (Fsp3) is 0.500. The summed E-state index contributed by atoms with van der Waals surface area (Å²) in [5.74, 6) is 0.941. The van der Waals surface area contributed by atoms with Crippen LogP contribution in [0, 0.1) is 0 Å². The quantitative estimate of drug-likeness (QED) is 0.373. The highest BCUT2D eigenvalue weighted by Crippen LogP contribution is 2.29. The number of aromatic nitrogens is 1. The molecule has 28 heavy (non-hydrogen) atoms. The first-order valence-electron chi connectivity index (χ1n) is 9.32. The average Bonchev–Trinajstić information content (AvgIpc) is 3.17. The normalized spacial score (nSPS) is 16.0. The maximum Gasteiger partial charge on any atom is 0.193 e. The Balaban J connectivity index is 0.00000280. The Labute approximate surface area is 189 Å². The van der Waals surface area contributed by atoms with Crippen molar-refractivity contribution in [3.63, 3.8) is 0 Å². The summed E-state index contributed by atoms with van der Waals surface area (Å²) < 4.78 is 4.92. The number of guanidine groups is 1. The summed E-state index contributed by atoms with van der Waals surface area (Å²) in [7, 11) is 1.84. The highest BCUT2D eigenvalue weighted by Gasteiger charge is 2.25. The molecule has 0 spiro atoms. The van der Waals surface area contributed by atoms with E-state index in [1.807, 2.05) is 31.3 Å². The van der Waals surface area contributed by atoms with E-state index >= 15 is 0 Å². The number of nitrogens with zero attached hydrogens (tertiary/aromatic N) is 4. The van der Waals surface area contributed by atoms with Crippen LogP contribution in [0.4, 0.5) is 0 Å². The van der Waals surface area contributed by atoms with Crippen LogP contribution in [0.5, 0.6) is 0 Å². The Morgan fingerprint density at radius 2 is 1.93 bits per heavy atom. The summed E-state index contributed by atoms with van der Waals surface area (Å²) in [6.45, 7) is 9.81. The molecule has 1 aliphatic rings. The zero-order valence-electron chi connectivity index (χ0n) is 16.7. The number of hydrogen-bond donors (Lipinski definition) is 1. The van der Waals surface area contributed by atoms with Gasteiger partial charge in [0.25, 0.3) is 0 Å². The summed E-state index contributed by atoms with van der Waals surface area (Å²) in [6, 6.07) is 9.96. The third-order valence-electron chi connectivity index (χ3n) is 5.05. The fourth-order valence-corrected chi connectivity index (χ4v) is 3.80. The molecular formula is C20H29ClIN5O. The van der Waals surface area contributed by atoms with Gasteiger partial charge >= 0.3 is 0 Å². The molecule has 2 heterocycles. The van der Waals surface area contributed by atoms with Crippen molar-refractivity contribution in [2.24, 2.45) is 4.99 Å². The van der Waals surface area contributed by atoms with Gasteiger partial charge in [-0.1, -0.05) is 48.8 Å². The van der Waals surface area contributed by atoms with E-state index in [0.29, 0.717) is 0 Å². The SMILES string of the molecule is CN=C(NCC(C)(C)c1ccccc1Cl)N1CCN(Cc2ccon2)CC1.I. The number of halogens is 2. The van der Waals surface area contributed by atoms with Crippen molar-refractivity contribution in [1.82, 2.24) is 20.3 Å². The number of rotatable bonds is 5. The molecule has 6 nitrogen and oxygen atoms in total. The topological polar surface area (TPSA) is 56.9 Å². The first-order valence-corrected chi connectivity index (χ1v) is 9.69. The van der Waals surface area contributed by atoms with Gasteiger partial charge in [-0.25, -0.2) is 0 Å². The highest BCUT2D eigenvalue weighted by atomic mass is 127. The van der Waals surface area contributed by atoms with Crippen LogP contribution >= 0.6 is 35.6 Å². The number of piperazine rings is 1. The predicted molar refractivity (Wildman–Crippen MR) is 125 cm³/mol. The molecule has 2 aromatic rings. The predicted octanol–water partition coefficient (Wildman–Crippen LogP) is 3.62. The standard InChI is InChI=1S/C20H28ClN5O.HI/c1-20(2,17-6-4-5-7-18(17)21)15-23-19(22-3)26-11-9-25(10-12-26)14-16-8-13-27-24-16;/h4-8,13H,9-12,14-15H2,1-3H3,(H,22,23);1H. The van der Waals surface area contributed by atoms with Gasteiger partial charge in [0.1, 0.15) is 6.26 Å². The molecule has 0 saturated carbocycles. The van der Waals surface area contributed by atoms with Crippen LogP contribution in [0.1, 0.15) is 25.1 Å². The number of nitrogens with one attached hydrogen (secondary N) is 1. The molecule has 1 aromatic carbocycles. The Hall–Kier alpha value is -1.32. The van der Waals surface area contributed by atoms with Crippen molar-refractivity contribution in [3.8, 4) is 0 Å². The molecule has 3 rings (SSSR count). The number of hydrogen-bond acceptors (Lipinski definition) is 4. The van der Waals surface area contributed by atoms with Crippen LogP contribution in [-0.4, -0.2) is 60.7 Å². The largest absolute Gasteiger partial charge is 0.364 e. The van der Waals surface area contributed by atoms with E-state index in [-0.39, 0.29) is 29.4 Å². The monoisotopic (exact) mass is 517 g/mol. The van der Waals surface area contributed by atoms with Gasteiger partial charge < -0.3 is 14.7 Å². The van der Waals surface area contributed by atoms with E-state index < -0.39 is 0 Å². The molecule has 0 atom stereocenters. The maximum absolute atomic E-state index is 6.40. The van der Waals surface area contributed by atoms with Crippen LogP contribution < -0.4 is 5.32 Å². The minimum absolute atomic E-state index is 0. The Morgan fingerprint density at radius 1 is 1.21 bits per heavy atom. The lowest BCUT2D eigenvalue weighted by Gasteiger charge is -2.37. The van der Waals surface area contributed by atoms with E-state index in [0.717, 1.165) is 61.5 Å².